The number of rotatable bonds is 6. The molecule has 0 aliphatic heterocycles. The summed E-state index contributed by atoms with van der Waals surface area (Å²) in [4.78, 5) is 11.9. The fourth-order valence-electron chi connectivity index (χ4n) is 1.58. The number of alkyl halides is 3. The van der Waals surface area contributed by atoms with Crippen molar-refractivity contribution in [2.75, 3.05) is 11.9 Å². The standard InChI is InChI=1S/C15H20F3NO2/c1-4-8-21-13-7-6-11(15(16,17)18)9-12(13)19-14(20)10(3)5-2/h6-7,9-10H,4-5,8H2,1-3H3,(H,19,20). The van der Waals surface area contributed by atoms with E-state index in [1.807, 2.05) is 13.8 Å². The van der Waals surface area contributed by atoms with Gasteiger partial charge < -0.3 is 10.1 Å². The maximum Gasteiger partial charge on any atom is 0.416 e. The van der Waals surface area contributed by atoms with Crippen LogP contribution in [0.25, 0.3) is 0 Å². The first-order valence-electron chi connectivity index (χ1n) is 6.94. The quantitative estimate of drug-likeness (QED) is 0.841. The van der Waals surface area contributed by atoms with Gasteiger partial charge in [0.15, 0.2) is 0 Å². The summed E-state index contributed by atoms with van der Waals surface area (Å²) in [5.74, 6) is -0.349. The minimum absolute atomic E-state index is 0.0589. The van der Waals surface area contributed by atoms with Crippen LogP contribution in [0.1, 0.15) is 39.2 Å². The molecule has 1 amide bonds. The van der Waals surface area contributed by atoms with E-state index in [2.05, 4.69) is 5.32 Å². The number of carbonyl (C=O) groups is 1. The minimum Gasteiger partial charge on any atom is -0.491 e. The number of anilines is 1. The maximum absolute atomic E-state index is 12.8. The zero-order chi connectivity index (χ0) is 16.0. The lowest BCUT2D eigenvalue weighted by Crippen LogP contribution is -2.20. The molecule has 0 fully saturated rings. The predicted molar refractivity (Wildman–Crippen MR) is 75.3 cm³/mol. The van der Waals surface area contributed by atoms with E-state index in [4.69, 9.17) is 4.74 Å². The van der Waals surface area contributed by atoms with Crippen LogP contribution in [0.4, 0.5) is 18.9 Å². The molecular weight excluding hydrogens is 283 g/mol. The summed E-state index contributed by atoms with van der Waals surface area (Å²) in [6, 6.07) is 3.10. The molecule has 1 aromatic carbocycles. The van der Waals surface area contributed by atoms with Gasteiger partial charge in [-0.15, -0.1) is 0 Å². The zero-order valence-electron chi connectivity index (χ0n) is 12.4. The SMILES string of the molecule is CCCOc1ccc(C(F)(F)F)cc1NC(=O)C(C)CC. The van der Waals surface area contributed by atoms with Crippen LogP contribution in [-0.4, -0.2) is 12.5 Å². The van der Waals surface area contributed by atoms with Crippen LogP contribution in [0.2, 0.25) is 0 Å². The van der Waals surface area contributed by atoms with Crippen molar-refractivity contribution in [1.29, 1.82) is 0 Å². The monoisotopic (exact) mass is 303 g/mol. The third kappa shape index (κ3) is 4.95. The van der Waals surface area contributed by atoms with Crippen LogP contribution in [0.15, 0.2) is 18.2 Å². The molecule has 1 atom stereocenters. The van der Waals surface area contributed by atoms with Crippen molar-refractivity contribution >= 4 is 11.6 Å². The fraction of sp³-hybridized carbons (Fsp3) is 0.533. The van der Waals surface area contributed by atoms with E-state index in [0.29, 0.717) is 13.0 Å². The first-order chi connectivity index (χ1) is 9.79. The van der Waals surface area contributed by atoms with Crippen LogP contribution >= 0.6 is 0 Å². The lowest BCUT2D eigenvalue weighted by molar-refractivity contribution is -0.137. The van der Waals surface area contributed by atoms with Gasteiger partial charge in [-0.3, -0.25) is 4.79 Å². The summed E-state index contributed by atoms with van der Waals surface area (Å²) in [6.45, 7) is 5.82. The summed E-state index contributed by atoms with van der Waals surface area (Å²) in [5.41, 5.74) is -0.755. The average molecular weight is 303 g/mol. The second-order valence-corrected chi connectivity index (χ2v) is 4.86. The smallest absolute Gasteiger partial charge is 0.416 e. The Morgan fingerprint density at radius 1 is 1.33 bits per heavy atom. The van der Waals surface area contributed by atoms with E-state index >= 15 is 0 Å². The van der Waals surface area contributed by atoms with Gasteiger partial charge in [0.25, 0.3) is 0 Å². The highest BCUT2D eigenvalue weighted by Crippen LogP contribution is 2.35. The van der Waals surface area contributed by atoms with Gasteiger partial charge in [0.05, 0.1) is 17.9 Å². The van der Waals surface area contributed by atoms with E-state index in [1.54, 1.807) is 6.92 Å². The lowest BCUT2D eigenvalue weighted by atomic mass is 10.1. The molecule has 21 heavy (non-hydrogen) atoms. The molecule has 0 aliphatic rings. The zero-order valence-corrected chi connectivity index (χ0v) is 12.4. The van der Waals surface area contributed by atoms with Gasteiger partial charge in [0, 0.05) is 5.92 Å². The molecule has 0 saturated heterocycles. The summed E-state index contributed by atoms with van der Waals surface area (Å²) in [5, 5.41) is 2.52. The Morgan fingerprint density at radius 2 is 2.00 bits per heavy atom. The Balaban J connectivity index is 3.07. The Labute approximate surface area is 122 Å². The molecule has 1 rings (SSSR count). The van der Waals surface area contributed by atoms with Crippen LogP contribution < -0.4 is 10.1 Å². The van der Waals surface area contributed by atoms with Crippen molar-refractivity contribution < 1.29 is 22.7 Å². The van der Waals surface area contributed by atoms with Gasteiger partial charge in [-0.1, -0.05) is 20.8 Å². The second-order valence-electron chi connectivity index (χ2n) is 4.86. The third-order valence-corrected chi connectivity index (χ3v) is 3.09. The van der Waals surface area contributed by atoms with Gasteiger partial charge in [0.1, 0.15) is 5.75 Å². The molecule has 118 valence electrons. The third-order valence-electron chi connectivity index (χ3n) is 3.09. The molecular formula is C15H20F3NO2. The van der Waals surface area contributed by atoms with E-state index in [1.165, 1.54) is 6.07 Å². The summed E-state index contributed by atoms with van der Waals surface area (Å²) < 4.78 is 43.7. The molecule has 3 nitrogen and oxygen atoms in total. The minimum atomic E-state index is -4.46. The van der Waals surface area contributed by atoms with E-state index < -0.39 is 11.7 Å². The lowest BCUT2D eigenvalue weighted by Gasteiger charge is -2.16. The summed E-state index contributed by atoms with van der Waals surface area (Å²) in [6.07, 6.45) is -3.13. The molecule has 0 radical (unpaired) electrons. The fourth-order valence-corrected chi connectivity index (χ4v) is 1.58. The first-order valence-corrected chi connectivity index (χ1v) is 6.94. The Hall–Kier alpha value is -1.72. The van der Waals surface area contributed by atoms with Crippen molar-refractivity contribution in [1.82, 2.24) is 0 Å². The normalized spacial score (nSPS) is 12.9. The molecule has 1 aromatic rings. The van der Waals surface area contributed by atoms with Crippen LogP contribution in [0.5, 0.6) is 5.75 Å². The second kappa shape index (κ2) is 7.33. The highest BCUT2D eigenvalue weighted by atomic mass is 19.4. The van der Waals surface area contributed by atoms with Crippen molar-refractivity contribution in [2.24, 2.45) is 5.92 Å². The van der Waals surface area contributed by atoms with Crippen LogP contribution in [-0.2, 0) is 11.0 Å². The molecule has 0 aromatic heterocycles. The van der Waals surface area contributed by atoms with Crippen molar-refractivity contribution in [3.05, 3.63) is 23.8 Å². The predicted octanol–water partition coefficient (Wildman–Crippen LogP) is 4.48. The average Bonchev–Trinajstić information content (AvgIpc) is 2.43. The molecule has 0 spiro atoms. The van der Waals surface area contributed by atoms with Gasteiger partial charge in [-0.2, -0.15) is 13.2 Å². The Morgan fingerprint density at radius 3 is 2.52 bits per heavy atom. The number of hydrogen-bond donors (Lipinski definition) is 1. The Kier molecular flexibility index (Phi) is 6.05. The Bertz CT molecular complexity index is 486. The molecule has 0 heterocycles. The maximum atomic E-state index is 12.8. The van der Waals surface area contributed by atoms with Crippen molar-refractivity contribution in [2.45, 2.75) is 39.8 Å². The summed E-state index contributed by atoms with van der Waals surface area (Å²) in [7, 11) is 0. The molecule has 0 bridgehead atoms. The number of carbonyl (C=O) groups excluding carboxylic acids is 1. The van der Waals surface area contributed by atoms with E-state index in [9.17, 15) is 18.0 Å². The van der Waals surface area contributed by atoms with Crippen LogP contribution in [0.3, 0.4) is 0 Å². The van der Waals surface area contributed by atoms with Gasteiger partial charge in [-0.25, -0.2) is 0 Å². The molecule has 6 heteroatoms. The number of amides is 1. The molecule has 0 saturated carbocycles. The topological polar surface area (TPSA) is 38.3 Å². The highest BCUT2D eigenvalue weighted by molar-refractivity contribution is 5.93. The van der Waals surface area contributed by atoms with Gasteiger partial charge >= 0.3 is 6.18 Å². The van der Waals surface area contributed by atoms with Gasteiger partial charge in [0.2, 0.25) is 5.91 Å². The number of nitrogens with one attached hydrogen (secondary N) is 1. The molecule has 1 N–H and O–H groups in total. The van der Waals surface area contributed by atoms with Gasteiger partial charge in [-0.05, 0) is 31.0 Å². The highest BCUT2D eigenvalue weighted by Gasteiger charge is 2.31. The van der Waals surface area contributed by atoms with E-state index in [0.717, 1.165) is 18.6 Å². The van der Waals surface area contributed by atoms with Crippen molar-refractivity contribution in [3.8, 4) is 5.75 Å². The van der Waals surface area contributed by atoms with Crippen LogP contribution in [0, 0.1) is 5.92 Å². The van der Waals surface area contributed by atoms with Crippen molar-refractivity contribution in [3.63, 3.8) is 0 Å². The number of halogens is 3. The van der Waals surface area contributed by atoms with E-state index in [-0.39, 0.29) is 23.3 Å². The summed E-state index contributed by atoms with van der Waals surface area (Å²) >= 11 is 0. The largest absolute Gasteiger partial charge is 0.491 e. The molecule has 1 unspecified atom stereocenters. The first kappa shape index (κ1) is 17.3. The number of hydrogen-bond acceptors (Lipinski definition) is 2. The molecule has 0 aliphatic carbocycles. The number of benzene rings is 1. The number of ether oxygens (including phenoxy) is 1.